The van der Waals surface area contributed by atoms with Crippen molar-refractivity contribution in [2.24, 2.45) is 11.7 Å². The quantitative estimate of drug-likeness (QED) is 0.839. The average molecular weight is 232 g/mol. The molecule has 0 aromatic heterocycles. The molecule has 0 aliphatic heterocycles. The van der Waals surface area contributed by atoms with Gasteiger partial charge in [0.15, 0.2) is 0 Å². The van der Waals surface area contributed by atoms with Crippen molar-refractivity contribution in [1.82, 2.24) is 0 Å². The first kappa shape index (κ1) is 12.3. The van der Waals surface area contributed by atoms with Crippen molar-refractivity contribution in [1.29, 1.82) is 0 Å². The molecule has 1 aromatic rings. The van der Waals surface area contributed by atoms with Gasteiger partial charge >= 0.3 is 0 Å². The van der Waals surface area contributed by atoms with Crippen LogP contribution in [0.15, 0.2) is 12.1 Å². The Balaban J connectivity index is 3.00. The molecule has 0 heterocycles. The predicted octanol–water partition coefficient (Wildman–Crippen LogP) is 3.23. The molecule has 15 heavy (non-hydrogen) atoms. The van der Waals surface area contributed by atoms with E-state index in [9.17, 15) is 9.50 Å². The van der Waals surface area contributed by atoms with Gasteiger partial charge < -0.3 is 10.8 Å². The van der Waals surface area contributed by atoms with Gasteiger partial charge in [-0.05, 0) is 18.4 Å². The van der Waals surface area contributed by atoms with E-state index in [1.165, 1.54) is 12.1 Å². The molecule has 0 unspecified atom stereocenters. The molecule has 0 fully saturated rings. The average Bonchev–Trinajstić information content (AvgIpc) is 2.13. The summed E-state index contributed by atoms with van der Waals surface area (Å²) < 4.78 is 13.0. The Hall–Kier alpha value is -0.800. The highest BCUT2D eigenvalue weighted by Gasteiger charge is 2.16. The summed E-state index contributed by atoms with van der Waals surface area (Å²) in [5.74, 6) is -0.470. The molecule has 4 heteroatoms. The van der Waals surface area contributed by atoms with E-state index in [0.717, 1.165) is 6.42 Å². The van der Waals surface area contributed by atoms with E-state index < -0.39 is 5.82 Å². The van der Waals surface area contributed by atoms with Crippen LogP contribution in [0, 0.1) is 11.7 Å². The molecular formula is C11H15ClFNO. The largest absolute Gasteiger partial charge is 0.506 e. The summed E-state index contributed by atoms with van der Waals surface area (Å²) in [7, 11) is 0. The molecule has 0 spiro atoms. The number of halogens is 2. The van der Waals surface area contributed by atoms with Crippen LogP contribution in [-0.2, 0) is 0 Å². The zero-order valence-electron chi connectivity index (χ0n) is 8.80. The molecule has 0 radical (unpaired) electrons. The minimum atomic E-state index is -0.630. The molecular weight excluding hydrogens is 217 g/mol. The van der Waals surface area contributed by atoms with Crippen LogP contribution in [-0.4, -0.2) is 5.11 Å². The molecule has 2 nitrogen and oxygen atoms in total. The standard InChI is InChI=1S/C11H15ClFNO/c1-6(2)5-9(14)7-3-4-8(13)10(12)11(7)15/h3-4,6,9,15H,5,14H2,1-2H3/t9-/m0/s1. The lowest BCUT2D eigenvalue weighted by Crippen LogP contribution is -2.13. The number of hydrogen-bond acceptors (Lipinski definition) is 2. The van der Waals surface area contributed by atoms with Gasteiger partial charge in [-0.15, -0.1) is 0 Å². The van der Waals surface area contributed by atoms with E-state index in [0.29, 0.717) is 11.5 Å². The van der Waals surface area contributed by atoms with E-state index in [1.807, 2.05) is 13.8 Å². The molecule has 84 valence electrons. The topological polar surface area (TPSA) is 46.2 Å². The van der Waals surface area contributed by atoms with Gasteiger partial charge in [-0.25, -0.2) is 4.39 Å². The van der Waals surface area contributed by atoms with Crippen LogP contribution < -0.4 is 5.73 Å². The van der Waals surface area contributed by atoms with Crippen molar-refractivity contribution in [3.63, 3.8) is 0 Å². The van der Waals surface area contributed by atoms with Gasteiger partial charge in [0.2, 0.25) is 0 Å². The molecule has 1 rings (SSSR count). The zero-order chi connectivity index (χ0) is 11.6. The van der Waals surface area contributed by atoms with Crippen molar-refractivity contribution >= 4 is 11.6 Å². The van der Waals surface area contributed by atoms with Crippen LogP contribution in [0.3, 0.4) is 0 Å². The molecule has 0 bridgehead atoms. The third-order valence-electron chi connectivity index (χ3n) is 2.23. The third-order valence-corrected chi connectivity index (χ3v) is 2.58. The fourth-order valence-corrected chi connectivity index (χ4v) is 1.66. The SMILES string of the molecule is CC(C)C[C@H](N)c1ccc(F)c(Cl)c1O. The predicted molar refractivity (Wildman–Crippen MR) is 59.5 cm³/mol. The normalized spacial score (nSPS) is 13.2. The summed E-state index contributed by atoms with van der Waals surface area (Å²) in [5.41, 5.74) is 6.37. The number of hydrogen-bond donors (Lipinski definition) is 2. The second-order valence-electron chi connectivity index (χ2n) is 4.04. The first-order chi connectivity index (χ1) is 6.93. The first-order valence-corrected chi connectivity index (χ1v) is 5.23. The number of rotatable bonds is 3. The van der Waals surface area contributed by atoms with Gasteiger partial charge in [-0.3, -0.25) is 0 Å². The molecule has 0 saturated heterocycles. The summed E-state index contributed by atoms with van der Waals surface area (Å²) in [6, 6.07) is 2.38. The number of nitrogens with two attached hydrogens (primary N) is 1. The molecule has 0 aliphatic rings. The van der Waals surface area contributed by atoms with Crippen molar-refractivity contribution in [3.8, 4) is 5.75 Å². The maximum absolute atomic E-state index is 13.0. The molecule has 3 N–H and O–H groups in total. The molecule has 0 saturated carbocycles. The number of phenols is 1. The van der Waals surface area contributed by atoms with Crippen LogP contribution in [0.25, 0.3) is 0 Å². The van der Waals surface area contributed by atoms with E-state index in [4.69, 9.17) is 17.3 Å². The second-order valence-corrected chi connectivity index (χ2v) is 4.41. The summed E-state index contributed by atoms with van der Waals surface area (Å²) in [4.78, 5) is 0. The Kier molecular flexibility index (Phi) is 3.94. The summed E-state index contributed by atoms with van der Waals surface area (Å²) >= 11 is 5.58. The van der Waals surface area contributed by atoms with Crippen molar-refractivity contribution < 1.29 is 9.50 Å². The highest BCUT2D eigenvalue weighted by Crippen LogP contribution is 2.34. The Labute approximate surface area is 93.9 Å². The lowest BCUT2D eigenvalue weighted by atomic mass is 9.97. The Bertz CT molecular complexity index is 355. The lowest BCUT2D eigenvalue weighted by Gasteiger charge is -2.16. The van der Waals surface area contributed by atoms with Crippen LogP contribution >= 0.6 is 11.6 Å². The lowest BCUT2D eigenvalue weighted by molar-refractivity contribution is 0.441. The van der Waals surface area contributed by atoms with Crippen molar-refractivity contribution in [2.45, 2.75) is 26.3 Å². The van der Waals surface area contributed by atoms with Gasteiger partial charge in [-0.2, -0.15) is 0 Å². The van der Waals surface area contributed by atoms with Crippen LogP contribution in [0.4, 0.5) is 4.39 Å². The highest BCUT2D eigenvalue weighted by molar-refractivity contribution is 6.32. The number of phenolic OH excluding ortho intramolecular Hbond substituents is 1. The summed E-state index contributed by atoms with van der Waals surface area (Å²) in [6.45, 7) is 4.06. The van der Waals surface area contributed by atoms with Gasteiger partial charge in [0.1, 0.15) is 16.6 Å². The Morgan fingerprint density at radius 2 is 2.07 bits per heavy atom. The zero-order valence-corrected chi connectivity index (χ0v) is 9.55. The minimum Gasteiger partial charge on any atom is -0.506 e. The fraction of sp³-hybridized carbons (Fsp3) is 0.455. The maximum Gasteiger partial charge on any atom is 0.145 e. The van der Waals surface area contributed by atoms with Gasteiger partial charge in [0, 0.05) is 11.6 Å². The smallest absolute Gasteiger partial charge is 0.145 e. The third kappa shape index (κ3) is 2.83. The van der Waals surface area contributed by atoms with Crippen LogP contribution in [0.1, 0.15) is 31.9 Å². The Morgan fingerprint density at radius 1 is 1.47 bits per heavy atom. The van der Waals surface area contributed by atoms with E-state index in [2.05, 4.69) is 0 Å². The monoisotopic (exact) mass is 231 g/mol. The van der Waals surface area contributed by atoms with E-state index >= 15 is 0 Å². The number of aromatic hydroxyl groups is 1. The second kappa shape index (κ2) is 4.81. The minimum absolute atomic E-state index is 0.246. The van der Waals surface area contributed by atoms with Crippen molar-refractivity contribution in [2.75, 3.05) is 0 Å². The molecule has 1 atom stereocenters. The Morgan fingerprint density at radius 3 is 2.60 bits per heavy atom. The van der Waals surface area contributed by atoms with Gasteiger partial charge in [-0.1, -0.05) is 31.5 Å². The summed E-state index contributed by atoms with van der Waals surface area (Å²) in [5, 5.41) is 9.35. The van der Waals surface area contributed by atoms with Crippen LogP contribution in [0.5, 0.6) is 5.75 Å². The van der Waals surface area contributed by atoms with Crippen LogP contribution in [0.2, 0.25) is 5.02 Å². The van der Waals surface area contributed by atoms with Crippen molar-refractivity contribution in [3.05, 3.63) is 28.5 Å². The molecule has 1 aromatic carbocycles. The molecule has 0 aliphatic carbocycles. The maximum atomic E-state index is 13.0. The van der Waals surface area contributed by atoms with Gasteiger partial charge in [0.05, 0.1) is 0 Å². The van der Waals surface area contributed by atoms with Gasteiger partial charge in [0.25, 0.3) is 0 Å². The summed E-state index contributed by atoms with van der Waals surface area (Å²) in [6.07, 6.45) is 0.718. The van der Waals surface area contributed by atoms with E-state index in [1.54, 1.807) is 0 Å². The van der Waals surface area contributed by atoms with E-state index in [-0.39, 0.29) is 16.8 Å². The number of benzene rings is 1. The fourth-order valence-electron chi connectivity index (χ4n) is 1.49. The molecule has 0 amide bonds. The highest BCUT2D eigenvalue weighted by atomic mass is 35.5. The first-order valence-electron chi connectivity index (χ1n) is 4.86.